The number of ketones is 1. The lowest BCUT2D eigenvalue weighted by molar-refractivity contribution is 0.103. The monoisotopic (exact) mass is 342 g/mol. The maximum absolute atomic E-state index is 14.3. The Kier molecular flexibility index (Phi) is 4.49. The van der Waals surface area contributed by atoms with Crippen LogP contribution in [0.3, 0.4) is 0 Å². The number of Topliss-reactive ketones (excluding diaryl/α,β-unsaturated/α-hetero) is 1. The minimum absolute atomic E-state index is 0.120. The lowest BCUT2D eigenvalue weighted by Gasteiger charge is -2.11. The highest BCUT2D eigenvalue weighted by atomic mass is 35.5. The lowest BCUT2D eigenvalue weighted by Crippen LogP contribution is -2.12. The molecule has 0 bridgehead atoms. The molecule has 3 nitrogen and oxygen atoms in total. The number of carbonyl (C=O) groups is 1. The van der Waals surface area contributed by atoms with Gasteiger partial charge in [0.15, 0.2) is 5.78 Å². The Balaban J connectivity index is 2.25. The molecule has 0 saturated heterocycles. The number of nitrogens with zero attached hydrogens (tertiary/aromatic N) is 2. The van der Waals surface area contributed by atoms with Crippen LogP contribution in [-0.4, -0.2) is 37.0 Å². The summed E-state index contributed by atoms with van der Waals surface area (Å²) in [6.07, 6.45) is 1.74. The second-order valence-corrected chi connectivity index (χ2v) is 6.22. The summed E-state index contributed by atoms with van der Waals surface area (Å²) in [7, 11) is 3.69. The van der Waals surface area contributed by atoms with Crippen molar-refractivity contribution in [3.05, 3.63) is 81.8 Å². The summed E-state index contributed by atoms with van der Waals surface area (Å²) >= 11 is 6.11. The number of hydrogen-bond acceptors (Lipinski definition) is 3. The van der Waals surface area contributed by atoms with E-state index >= 15 is 0 Å². The number of aliphatic imine (C=N–C) groups is 1. The first-order valence-corrected chi connectivity index (χ1v) is 7.86. The summed E-state index contributed by atoms with van der Waals surface area (Å²) in [5, 5.41) is 0.477. The van der Waals surface area contributed by atoms with Gasteiger partial charge in [0.25, 0.3) is 0 Å². The highest BCUT2D eigenvalue weighted by Gasteiger charge is 2.25. The summed E-state index contributed by atoms with van der Waals surface area (Å²) in [6, 6.07) is 11.4. The summed E-state index contributed by atoms with van der Waals surface area (Å²) in [4.78, 5) is 19.2. The van der Waals surface area contributed by atoms with Gasteiger partial charge in [-0.3, -0.25) is 9.79 Å². The van der Waals surface area contributed by atoms with Crippen molar-refractivity contribution in [1.82, 2.24) is 4.90 Å². The molecule has 0 unspecified atom stereocenters. The molecule has 0 atom stereocenters. The van der Waals surface area contributed by atoms with E-state index in [2.05, 4.69) is 4.99 Å². The molecule has 0 amide bonds. The Labute approximate surface area is 145 Å². The average Bonchev–Trinajstić information content (AvgIpc) is 2.66. The predicted molar refractivity (Wildman–Crippen MR) is 94.5 cm³/mol. The highest BCUT2D eigenvalue weighted by molar-refractivity contribution is 6.32. The molecule has 0 aliphatic carbocycles. The largest absolute Gasteiger partial charge is 0.383 e. The van der Waals surface area contributed by atoms with E-state index in [1.54, 1.807) is 47.5 Å². The molecule has 0 fully saturated rings. The Hall–Kier alpha value is -2.46. The zero-order valence-corrected chi connectivity index (χ0v) is 14.1. The van der Waals surface area contributed by atoms with Crippen LogP contribution in [0.25, 0.3) is 0 Å². The number of hydrogen-bond donors (Lipinski definition) is 0. The van der Waals surface area contributed by atoms with E-state index in [1.807, 2.05) is 14.1 Å². The van der Waals surface area contributed by atoms with Gasteiger partial charge in [-0.2, -0.15) is 0 Å². The first-order chi connectivity index (χ1) is 11.5. The van der Waals surface area contributed by atoms with Crippen LogP contribution in [-0.2, 0) is 0 Å². The quantitative estimate of drug-likeness (QED) is 0.774. The maximum atomic E-state index is 14.3. The molecule has 1 heterocycles. The van der Waals surface area contributed by atoms with Gasteiger partial charge < -0.3 is 4.90 Å². The zero-order valence-electron chi connectivity index (χ0n) is 13.4. The lowest BCUT2D eigenvalue weighted by atomic mass is 9.94. The third-order valence-corrected chi connectivity index (χ3v) is 3.96. The average molecular weight is 343 g/mol. The molecular formula is C19H16ClFN2O. The SMILES string of the molecule is CN(C)C=C1CN=C(c2ccccc2F)c2cc(Cl)ccc2C1=O. The Morgan fingerprint density at radius 2 is 1.88 bits per heavy atom. The maximum Gasteiger partial charge on any atom is 0.193 e. The van der Waals surface area contributed by atoms with Crippen molar-refractivity contribution in [2.75, 3.05) is 20.6 Å². The van der Waals surface area contributed by atoms with E-state index < -0.39 is 0 Å². The van der Waals surface area contributed by atoms with Crippen LogP contribution in [0, 0.1) is 5.82 Å². The fourth-order valence-electron chi connectivity index (χ4n) is 2.70. The van der Waals surface area contributed by atoms with E-state index in [1.165, 1.54) is 6.07 Å². The van der Waals surface area contributed by atoms with Crippen LogP contribution in [0.5, 0.6) is 0 Å². The third-order valence-electron chi connectivity index (χ3n) is 3.72. The van der Waals surface area contributed by atoms with E-state index in [0.29, 0.717) is 33.0 Å². The summed E-state index contributed by atoms with van der Waals surface area (Å²) in [5.74, 6) is -0.500. The number of carbonyl (C=O) groups excluding carboxylic acids is 1. The normalized spacial score (nSPS) is 15.8. The van der Waals surface area contributed by atoms with Crippen molar-refractivity contribution in [1.29, 1.82) is 0 Å². The van der Waals surface area contributed by atoms with Crippen molar-refractivity contribution in [3.8, 4) is 0 Å². The second-order valence-electron chi connectivity index (χ2n) is 5.78. The van der Waals surface area contributed by atoms with Crippen molar-refractivity contribution in [2.24, 2.45) is 4.99 Å². The molecule has 2 aromatic rings. The molecule has 2 aromatic carbocycles. The van der Waals surface area contributed by atoms with Crippen molar-refractivity contribution >= 4 is 23.1 Å². The van der Waals surface area contributed by atoms with Crippen LogP contribution >= 0.6 is 11.6 Å². The topological polar surface area (TPSA) is 32.7 Å². The summed E-state index contributed by atoms with van der Waals surface area (Å²) < 4.78 is 14.3. The van der Waals surface area contributed by atoms with Crippen molar-refractivity contribution in [3.63, 3.8) is 0 Å². The van der Waals surface area contributed by atoms with Gasteiger partial charge in [-0.15, -0.1) is 0 Å². The molecule has 0 saturated carbocycles. The van der Waals surface area contributed by atoms with Crippen LogP contribution in [0.15, 0.2) is 59.2 Å². The van der Waals surface area contributed by atoms with E-state index in [4.69, 9.17) is 11.6 Å². The highest BCUT2D eigenvalue weighted by Crippen LogP contribution is 2.26. The number of fused-ring (bicyclic) bond motifs is 1. The fraction of sp³-hybridized carbons (Fsp3) is 0.158. The number of rotatable bonds is 2. The molecule has 3 rings (SSSR count). The minimum Gasteiger partial charge on any atom is -0.383 e. The Bertz CT molecular complexity index is 871. The van der Waals surface area contributed by atoms with Gasteiger partial charge in [-0.25, -0.2) is 4.39 Å². The van der Waals surface area contributed by atoms with Crippen LogP contribution in [0.2, 0.25) is 5.02 Å². The molecule has 5 heteroatoms. The van der Waals surface area contributed by atoms with E-state index in [9.17, 15) is 9.18 Å². The molecule has 1 aliphatic heterocycles. The molecule has 0 radical (unpaired) electrons. The third kappa shape index (κ3) is 3.10. The van der Waals surface area contributed by atoms with E-state index in [-0.39, 0.29) is 18.1 Å². The fourth-order valence-corrected chi connectivity index (χ4v) is 2.87. The Morgan fingerprint density at radius 3 is 2.58 bits per heavy atom. The molecule has 24 heavy (non-hydrogen) atoms. The minimum atomic E-state index is -0.380. The first-order valence-electron chi connectivity index (χ1n) is 7.48. The standard InChI is InChI=1S/C19H16ClFN2O/c1-23(2)11-12-10-22-18(15-5-3-4-6-17(15)21)16-9-13(20)7-8-14(16)19(12)24/h3-9,11H,10H2,1-2H3. The molecule has 0 N–H and O–H groups in total. The number of benzene rings is 2. The molecule has 0 spiro atoms. The molecule has 0 aromatic heterocycles. The summed E-state index contributed by atoms with van der Waals surface area (Å²) in [5.41, 5.74) is 2.39. The molecule has 122 valence electrons. The second kappa shape index (κ2) is 6.57. The van der Waals surface area contributed by atoms with Crippen LogP contribution in [0.4, 0.5) is 4.39 Å². The van der Waals surface area contributed by atoms with Gasteiger partial charge in [0, 0.05) is 47.6 Å². The predicted octanol–water partition coefficient (Wildman–Crippen LogP) is 3.96. The smallest absolute Gasteiger partial charge is 0.193 e. The molecular weight excluding hydrogens is 327 g/mol. The van der Waals surface area contributed by atoms with Crippen molar-refractivity contribution < 1.29 is 9.18 Å². The van der Waals surface area contributed by atoms with E-state index in [0.717, 1.165) is 0 Å². The van der Waals surface area contributed by atoms with Gasteiger partial charge in [0.2, 0.25) is 0 Å². The van der Waals surface area contributed by atoms with Crippen LogP contribution < -0.4 is 0 Å². The van der Waals surface area contributed by atoms with Gasteiger partial charge in [-0.1, -0.05) is 23.7 Å². The summed E-state index contributed by atoms with van der Waals surface area (Å²) in [6.45, 7) is 0.187. The van der Waals surface area contributed by atoms with Crippen molar-refractivity contribution in [2.45, 2.75) is 0 Å². The van der Waals surface area contributed by atoms with Crippen LogP contribution in [0.1, 0.15) is 21.5 Å². The van der Waals surface area contributed by atoms with Gasteiger partial charge in [0.1, 0.15) is 5.82 Å². The number of halogens is 2. The Morgan fingerprint density at radius 1 is 1.12 bits per heavy atom. The molecule has 1 aliphatic rings. The van der Waals surface area contributed by atoms with Gasteiger partial charge >= 0.3 is 0 Å². The zero-order chi connectivity index (χ0) is 17.3. The van der Waals surface area contributed by atoms with Gasteiger partial charge in [-0.05, 0) is 30.3 Å². The first kappa shape index (κ1) is 16.4. The van der Waals surface area contributed by atoms with Gasteiger partial charge in [0.05, 0.1) is 12.3 Å².